The third kappa shape index (κ3) is 2.95. The number of benzene rings is 1. The highest BCUT2D eigenvalue weighted by Gasteiger charge is 2.09. The lowest BCUT2D eigenvalue weighted by atomic mass is 10.1. The van der Waals surface area contributed by atoms with Crippen molar-refractivity contribution in [1.29, 1.82) is 0 Å². The van der Waals surface area contributed by atoms with Crippen LogP contribution in [0.25, 0.3) is 5.69 Å². The van der Waals surface area contributed by atoms with Crippen LogP contribution in [0.3, 0.4) is 0 Å². The second kappa shape index (κ2) is 5.97. The molecule has 0 amide bonds. The van der Waals surface area contributed by atoms with Crippen LogP contribution in [0, 0.1) is 0 Å². The summed E-state index contributed by atoms with van der Waals surface area (Å²) in [6.07, 6.45) is 3.25. The maximum atomic E-state index is 8.99. The highest BCUT2D eigenvalue weighted by atomic mass is 35.5. The van der Waals surface area contributed by atoms with Gasteiger partial charge in [0.05, 0.1) is 35.8 Å². The van der Waals surface area contributed by atoms with E-state index in [1.54, 1.807) is 35.3 Å². The van der Waals surface area contributed by atoms with Crippen molar-refractivity contribution in [1.82, 2.24) is 15.0 Å². The molecule has 17 heavy (non-hydrogen) atoms. The molecule has 2 rings (SSSR count). The lowest BCUT2D eigenvalue weighted by Gasteiger charge is -2.11. The standard InChI is InChI=1S/C10H11ClN4O.ClH/c11-8-2-1-7(9(12)6-16)5-10(8)15-4-3-13-14-15;/h1-5,9,16H,6,12H2;1H/t9-;/m1./s1. The second-order valence-electron chi connectivity index (χ2n) is 3.35. The summed E-state index contributed by atoms with van der Waals surface area (Å²) >= 11 is 6.04. The van der Waals surface area contributed by atoms with Crippen LogP contribution in [0.5, 0.6) is 0 Å². The fourth-order valence-electron chi connectivity index (χ4n) is 1.38. The molecule has 0 saturated carbocycles. The van der Waals surface area contributed by atoms with Crippen molar-refractivity contribution in [2.45, 2.75) is 6.04 Å². The molecule has 0 aliphatic carbocycles. The Morgan fingerprint density at radius 1 is 1.47 bits per heavy atom. The van der Waals surface area contributed by atoms with Gasteiger partial charge in [0.25, 0.3) is 0 Å². The number of rotatable bonds is 3. The number of nitrogens with two attached hydrogens (primary N) is 1. The number of nitrogens with zero attached hydrogens (tertiary/aromatic N) is 3. The Morgan fingerprint density at radius 2 is 2.24 bits per heavy atom. The van der Waals surface area contributed by atoms with Crippen molar-refractivity contribution in [2.75, 3.05) is 6.61 Å². The van der Waals surface area contributed by atoms with Gasteiger partial charge in [-0.05, 0) is 17.7 Å². The first-order valence-corrected chi connectivity index (χ1v) is 5.12. The van der Waals surface area contributed by atoms with Crippen LogP contribution in [0.1, 0.15) is 11.6 Å². The Bertz CT molecular complexity index is 475. The lowest BCUT2D eigenvalue weighted by molar-refractivity contribution is 0.268. The summed E-state index contributed by atoms with van der Waals surface area (Å²) in [6.45, 7) is -0.113. The van der Waals surface area contributed by atoms with E-state index in [2.05, 4.69) is 10.3 Å². The molecule has 0 unspecified atom stereocenters. The quantitative estimate of drug-likeness (QED) is 0.886. The Kier molecular flexibility index (Phi) is 4.89. The third-order valence-electron chi connectivity index (χ3n) is 2.26. The molecule has 1 atom stereocenters. The van der Waals surface area contributed by atoms with Gasteiger partial charge in [0.15, 0.2) is 0 Å². The molecule has 0 fully saturated rings. The van der Waals surface area contributed by atoms with Crippen LogP contribution in [0.4, 0.5) is 0 Å². The van der Waals surface area contributed by atoms with Gasteiger partial charge in [-0.25, -0.2) is 4.68 Å². The van der Waals surface area contributed by atoms with Crippen LogP contribution in [0.15, 0.2) is 30.6 Å². The van der Waals surface area contributed by atoms with Crippen molar-refractivity contribution in [3.05, 3.63) is 41.2 Å². The van der Waals surface area contributed by atoms with Gasteiger partial charge in [-0.2, -0.15) is 0 Å². The molecular formula is C10H12Cl2N4O. The van der Waals surface area contributed by atoms with Crippen LogP contribution in [0.2, 0.25) is 5.02 Å². The zero-order valence-electron chi connectivity index (χ0n) is 8.82. The molecule has 1 aromatic carbocycles. The number of aliphatic hydroxyl groups is 1. The number of halogens is 2. The van der Waals surface area contributed by atoms with Crippen molar-refractivity contribution in [2.24, 2.45) is 5.73 Å². The molecule has 2 aromatic rings. The summed E-state index contributed by atoms with van der Waals surface area (Å²) in [5, 5.41) is 17.1. The molecule has 0 saturated heterocycles. The zero-order chi connectivity index (χ0) is 11.5. The number of aliphatic hydroxyl groups excluding tert-OH is 1. The minimum atomic E-state index is -0.417. The van der Waals surface area contributed by atoms with E-state index in [1.165, 1.54) is 0 Å². The fraction of sp³-hybridized carbons (Fsp3) is 0.200. The van der Waals surface area contributed by atoms with Crippen LogP contribution in [-0.4, -0.2) is 26.7 Å². The summed E-state index contributed by atoms with van der Waals surface area (Å²) < 4.78 is 1.55. The van der Waals surface area contributed by atoms with E-state index < -0.39 is 6.04 Å². The maximum Gasteiger partial charge on any atom is 0.0853 e. The molecule has 7 heteroatoms. The molecule has 0 aliphatic rings. The lowest BCUT2D eigenvalue weighted by Crippen LogP contribution is -2.14. The first-order valence-electron chi connectivity index (χ1n) is 4.75. The Morgan fingerprint density at radius 3 is 2.82 bits per heavy atom. The van der Waals surface area contributed by atoms with Gasteiger partial charge in [-0.3, -0.25) is 0 Å². The van der Waals surface area contributed by atoms with E-state index in [4.69, 9.17) is 22.4 Å². The maximum absolute atomic E-state index is 8.99. The van der Waals surface area contributed by atoms with Crippen LogP contribution in [-0.2, 0) is 0 Å². The average Bonchev–Trinajstić information content (AvgIpc) is 2.82. The normalized spacial score (nSPS) is 11.9. The van der Waals surface area contributed by atoms with Gasteiger partial charge in [-0.15, -0.1) is 17.5 Å². The molecule has 3 N–H and O–H groups in total. The highest BCUT2D eigenvalue weighted by molar-refractivity contribution is 6.32. The van der Waals surface area contributed by atoms with Crippen LogP contribution < -0.4 is 5.73 Å². The van der Waals surface area contributed by atoms with E-state index in [1.807, 2.05) is 0 Å². The zero-order valence-corrected chi connectivity index (χ0v) is 10.4. The van der Waals surface area contributed by atoms with Crippen molar-refractivity contribution in [3.8, 4) is 5.69 Å². The van der Waals surface area contributed by atoms with E-state index in [0.29, 0.717) is 10.7 Å². The molecule has 0 spiro atoms. The Hall–Kier alpha value is -1.14. The highest BCUT2D eigenvalue weighted by Crippen LogP contribution is 2.23. The Labute approximate surface area is 110 Å². The third-order valence-corrected chi connectivity index (χ3v) is 2.58. The molecule has 1 heterocycles. The van der Waals surface area contributed by atoms with Crippen molar-refractivity contribution in [3.63, 3.8) is 0 Å². The van der Waals surface area contributed by atoms with Gasteiger partial charge < -0.3 is 10.8 Å². The largest absolute Gasteiger partial charge is 0.394 e. The smallest absolute Gasteiger partial charge is 0.0853 e. The summed E-state index contributed by atoms with van der Waals surface area (Å²) in [5.74, 6) is 0. The fourth-order valence-corrected chi connectivity index (χ4v) is 1.58. The topological polar surface area (TPSA) is 77.0 Å². The summed E-state index contributed by atoms with van der Waals surface area (Å²) in [6, 6.07) is 4.88. The Balaban J connectivity index is 0.00000144. The van der Waals surface area contributed by atoms with Crippen molar-refractivity contribution < 1.29 is 5.11 Å². The number of aromatic nitrogens is 3. The summed E-state index contributed by atoms with van der Waals surface area (Å²) in [7, 11) is 0. The van der Waals surface area contributed by atoms with Crippen molar-refractivity contribution >= 4 is 24.0 Å². The summed E-state index contributed by atoms with van der Waals surface area (Å²) in [4.78, 5) is 0. The van der Waals surface area contributed by atoms with Gasteiger partial charge in [0.2, 0.25) is 0 Å². The van der Waals surface area contributed by atoms with E-state index in [-0.39, 0.29) is 19.0 Å². The van der Waals surface area contributed by atoms with E-state index in [9.17, 15) is 0 Å². The SMILES string of the molecule is Cl.N[C@H](CO)c1ccc(Cl)c(-n2ccnn2)c1. The molecule has 5 nitrogen and oxygen atoms in total. The second-order valence-corrected chi connectivity index (χ2v) is 3.75. The van der Waals surface area contributed by atoms with Crippen LogP contribution >= 0.6 is 24.0 Å². The molecule has 0 bridgehead atoms. The molecule has 0 aliphatic heterocycles. The summed E-state index contributed by atoms with van der Waals surface area (Å²) in [5.41, 5.74) is 7.23. The van der Waals surface area contributed by atoms with E-state index >= 15 is 0 Å². The first-order chi connectivity index (χ1) is 7.72. The molecule has 92 valence electrons. The number of hydrogen-bond donors (Lipinski definition) is 2. The van der Waals surface area contributed by atoms with Gasteiger partial charge in [0, 0.05) is 0 Å². The average molecular weight is 275 g/mol. The minimum Gasteiger partial charge on any atom is -0.394 e. The molecular weight excluding hydrogens is 263 g/mol. The van der Waals surface area contributed by atoms with Gasteiger partial charge in [0.1, 0.15) is 0 Å². The van der Waals surface area contributed by atoms with Gasteiger partial charge >= 0.3 is 0 Å². The molecule has 0 radical (unpaired) electrons. The van der Waals surface area contributed by atoms with E-state index in [0.717, 1.165) is 5.56 Å². The molecule has 1 aromatic heterocycles. The predicted molar refractivity (Wildman–Crippen MR) is 67.6 cm³/mol. The minimum absolute atomic E-state index is 0. The van der Waals surface area contributed by atoms with Gasteiger partial charge in [-0.1, -0.05) is 22.9 Å². The number of hydrogen-bond acceptors (Lipinski definition) is 4. The monoisotopic (exact) mass is 274 g/mol. The first kappa shape index (κ1) is 13.9. The predicted octanol–water partition coefficient (Wildman–Crippen LogP) is 1.33.